The van der Waals surface area contributed by atoms with Crippen LogP contribution in [0.15, 0.2) is 42.9 Å². The van der Waals surface area contributed by atoms with Crippen LogP contribution in [0.5, 0.6) is 0 Å². The lowest BCUT2D eigenvalue weighted by atomic mass is 9.80. The van der Waals surface area contributed by atoms with E-state index >= 15 is 0 Å². The van der Waals surface area contributed by atoms with Crippen molar-refractivity contribution in [3.8, 4) is 0 Å². The maximum Gasteiger partial charge on any atom is 0.488 e. The van der Waals surface area contributed by atoms with Crippen molar-refractivity contribution in [2.24, 2.45) is 0 Å². The highest BCUT2D eigenvalue weighted by molar-refractivity contribution is 6.58. The lowest BCUT2D eigenvalue weighted by Crippen LogP contribution is -2.29. The van der Waals surface area contributed by atoms with Gasteiger partial charge in [0.2, 0.25) is 0 Å². The molecule has 0 unspecified atom stereocenters. The molecular weight excluding hydrogens is 276 g/mol. The van der Waals surface area contributed by atoms with E-state index in [0.717, 1.165) is 11.1 Å². The van der Waals surface area contributed by atoms with Gasteiger partial charge in [-0.05, 0) is 17.1 Å². The molecule has 0 aliphatic heterocycles. The maximum atomic E-state index is 9.06. The molecule has 2 heterocycles. The van der Waals surface area contributed by atoms with Crippen molar-refractivity contribution >= 4 is 35.3 Å². The predicted molar refractivity (Wildman–Crippen MR) is 77.9 cm³/mol. The van der Waals surface area contributed by atoms with Crippen molar-refractivity contribution in [1.29, 1.82) is 0 Å². The number of pyridine rings is 1. The summed E-state index contributed by atoms with van der Waals surface area (Å²) < 4.78 is 1.91. The lowest BCUT2D eigenvalue weighted by molar-refractivity contribution is 0.426. The van der Waals surface area contributed by atoms with Gasteiger partial charge in [-0.1, -0.05) is 35.9 Å². The molecule has 0 spiro atoms. The molecule has 0 atom stereocenters. The Morgan fingerprint density at radius 3 is 2.55 bits per heavy atom. The second kappa shape index (κ2) is 5.24. The largest absolute Gasteiger partial charge is 0.488 e. The molecule has 0 aliphatic carbocycles. The second-order valence-electron chi connectivity index (χ2n) is 4.45. The van der Waals surface area contributed by atoms with E-state index in [1.165, 1.54) is 0 Å². The van der Waals surface area contributed by atoms with Gasteiger partial charge in [0.15, 0.2) is 5.65 Å². The second-order valence-corrected chi connectivity index (χ2v) is 4.86. The minimum Gasteiger partial charge on any atom is -0.423 e. The molecule has 100 valence electrons. The molecule has 0 aliphatic rings. The maximum absolute atomic E-state index is 9.06. The fourth-order valence-corrected chi connectivity index (χ4v) is 2.32. The van der Waals surface area contributed by atoms with Gasteiger partial charge in [0.1, 0.15) is 5.52 Å². The standard InChI is InChI=1S/C13H11BClN3O2/c15-11-5-6-16-13-12(11)18(8-17-13)7-9-1-3-10(4-2-9)14(19)20/h1-6,8,19-20H,7H2. The number of nitrogens with zero attached hydrogens (tertiary/aromatic N) is 3. The summed E-state index contributed by atoms with van der Waals surface area (Å²) in [4.78, 5) is 8.37. The van der Waals surface area contributed by atoms with Crippen LogP contribution < -0.4 is 5.46 Å². The average Bonchev–Trinajstić information content (AvgIpc) is 2.84. The Morgan fingerprint density at radius 2 is 1.85 bits per heavy atom. The summed E-state index contributed by atoms with van der Waals surface area (Å²) in [7, 11) is -1.45. The van der Waals surface area contributed by atoms with Gasteiger partial charge >= 0.3 is 7.12 Å². The third kappa shape index (κ3) is 2.41. The monoisotopic (exact) mass is 287 g/mol. The fourth-order valence-electron chi connectivity index (χ4n) is 2.07. The highest BCUT2D eigenvalue weighted by Crippen LogP contribution is 2.21. The molecule has 2 aromatic heterocycles. The summed E-state index contributed by atoms with van der Waals surface area (Å²) >= 11 is 6.17. The van der Waals surface area contributed by atoms with E-state index < -0.39 is 7.12 Å². The van der Waals surface area contributed by atoms with Crippen LogP contribution in [-0.4, -0.2) is 31.7 Å². The van der Waals surface area contributed by atoms with Crippen LogP contribution in [0.25, 0.3) is 11.2 Å². The van der Waals surface area contributed by atoms with E-state index in [1.54, 1.807) is 30.7 Å². The molecule has 1 aromatic carbocycles. The molecule has 0 fully saturated rings. The number of hydrogen-bond acceptors (Lipinski definition) is 4. The summed E-state index contributed by atoms with van der Waals surface area (Å²) in [6.45, 7) is 0.587. The first-order chi connectivity index (χ1) is 9.65. The third-order valence-corrected chi connectivity index (χ3v) is 3.40. The molecule has 5 nitrogen and oxygen atoms in total. The van der Waals surface area contributed by atoms with Crippen LogP contribution in [0.1, 0.15) is 5.56 Å². The van der Waals surface area contributed by atoms with Crippen molar-refractivity contribution in [2.45, 2.75) is 6.54 Å². The third-order valence-electron chi connectivity index (χ3n) is 3.09. The first-order valence-electron chi connectivity index (χ1n) is 6.05. The topological polar surface area (TPSA) is 71.2 Å². The van der Waals surface area contributed by atoms with Crippen LogP contribution in [0, 0.1) is 0 Å². The van der Waals surface area contributed by atoms with Crippen LogP contribution >= 0.6 is 11.6 Å². The molecule has 20 heavy (non-hydrogen) atoms. The zero-order valence-electron chi connectivity index (χ0n) is 10.4. The zero-order chi connectivity index (χ0) is 14.1. The van der Waals surface area contributed by atoms with Crippen molar-refractivity contribution in [3.05, 3.63) is 53.4 Å². The first-order valence-corrected chi connectivity index (χ1v) is 6.43. The van der Waals surface area contributed by atoms with Crippen LogP contribution in [-0.2, 0) is 6.54 Å². The summed E-state index contributed by atoms with van der Waals surface area (Å²) in [6, 6.07) is 8.76. The average molecular weight is 288 g/mol. The van der Waals surface area contributed by atoms with E-state index in [9.17, 15) is 0 Å². The molecule has 0 bridgehead atoms. The Balaban J connectivity index is 1.93. The number of fused-ring (bicyclic) bond motifs is 1. The normalized spacial score (nSPS) is 10.9. The summed E-state index contributed by atoms with van der Waals surface area (Å²) in [5.74, 6) is 0. The fraction of sp³-hybridized carbons (Fsp3) is 0.0769. The van der Waals surface area contributed by atoms with Gasteiger partial charge < -0.3 is 14.6 Å². The zero-order valence-corrected chi connectivity index (χ0v) is 11.2. The highest BCUT2D eigenvalue weighted by Gasteiger charge is 2.11. The highest BCUT2D eigenvalue weighted by atomic mass is 35.5. The number of benzene rings is 1. The molecule has 3 rings (SSSR count). The molecular formula is C13H11BClN3O2. The Bertz CT molecular complexity index is 743. The molecule has 3 aromatic rings. The van der Waals surface area contributed by atoms with E-state index in [0.29, 0.717) is 22.7 Å². The molecule has 7 heteroatoms. The number of aromatic nitrogens is 3. The Kier molecular flexibility index (Phi) is 3.44. The van der Waals surface area contributed by atoms with Gasteiger partial charge in [-0.3, -0.25) is 0 Å². The van der Waals surface area contributed by atoms with Gasteiger partial charge in [0.05, 0.1) is 11.3 Å². The van der Waals surface area contributed by atoms with Gasteiger partial charge in [0, 0.05) is 12.7 Å². The van der Waals surface area contributed by atoms with Gasteiger partial charge in [-0.25, -0.2) is 9.97 Å². The summed E-state index contributed by atoms with van der Waals surface area (Å²) in [5, 5.41) is 18.7. The first kappa shape index (κ1) is 13.1. The predicted octanol–water partition coefficient (Wildman–Crippen LogP) is 0.813. The Hall–Kier alpha value is -1.89. The van der Waals surface area contributed by atoms with Crippen molar-refractivity contribution in [2.75, 3.05) is 0 Å². The van der Waals surface area contributed by atoms with E-state index in [4.69, 9.17) is 21.6 Å². The van der Waals surface area contributed by atoms with Crippen molar-refractivity contribution in [1.82, 2.24) is 14.5 Å². The SMILES string of the molecule is OB(O)c1ccc(Cn2cnc3nccc(Cl)c32)cc1. The van der Waals surface area contributed by atoms with Gasteiger partial charge in [-0.2, -0.15) is 0 Å². The van der Waals surface area contributed by atoms with E-state index in [-0.39, 0.29) is 0 Å². The van der Waals surface area contributed by atoms with E-state index in [1.807, 2.05) is 16.7 Å². The molecule has 0 saturated carbocycles. The van der Waals surface area contributed by atoms with Gasteiger partial charge in [0.25, 0.3) is 0 Å². The van der Waals surface area contributed by atoms with Crippen LogP contribution in [0.2, 0.25) is 5.02 Å². The molecule has 0 saturated heterocycles. The van der Waals surface area contributed by atoms with Crippen molar-refractivity contribution < 1.29 is 10.0 Å². The Morgan fingerprint density at radius 1 is 1.10 bits per heavy atom. The molecule has 0 amide bonds. The van der Waals surface area contributed by atoms with Crippen LogP contribution in [0.4, 0.5) is 0 Å². The number of imidazole rings is 1. The quantitative estimate of drug-likeness (QED) is 0.700. The van der Waals surface area contributed by atoms with Gasteiger partial charge in [-0.15, -0.1) is 0 Å². The summed E-state index contributed by atoms with van der Waals surface area (Å²) in [6.07, 6.45) is 3.32. The number of hydrogen-bond donors (Lipinski definition) is 2. The molecule has 0 radical (unpaired) electrons. The molecule has 2 N–H and O–H groups in total. The van der Waals surface area contributed by atoms with Crippen molar-refractivity contribution in [3.63, 3.8) is 0 Å². The smallest absolute Gasteiger partial charge is 0.423 e. The Labute approximate surface area is 120 Å². The van der Waals surface area contributed by atoms with E-state index in [2.05, 4.69) is 9.97 Å². The van der Waals surface area contributed by atoms with Crippen LogP contribution in [0.3, 0.4) is 0 Å². The minimum absolute atomic E-state index is 0.462. The number of halogens is 1. The number of rotatable bonds is 3. The summed E-state index contributed by atoms with van der Waals surface area (Å²) in [5.41, 5.74) is 2.87. The lowest BCUT2D eigenvalue weighted by Gasteiger charge is -2.06. The minimum atomic E-state index is -1.45.